The smallest absolute Gasteiger partial charge is 0.217 e. The van der Waals surface area contributed by atoms with Crippen LogP contribution < -0.4 is 4.74 Å². The summed E-state index contributed by atoms with van der Waals surface area (Å²) < 4.78 is 5.83. The minimum atomic E-state index is -1.29. The molecule has 3 heterocycles. The van der Waals surface area contributed by atoms with E-state index in [0.717, 1.165) is 38.0 Å². The van der Waals surface area contributed by atoms with Gasteiger partial charge in [0.2, 0.25) is 5.88 Å². The molecule has 0 spiro atoms. The lowest BCUT2D eigenvalue weighted by molar-refractivity contribution is 0.00340. The van der Waals surface area contributed by atoms with Crippen LogP contribution in [-0.4, -0.2) is 47.7 Å². The highest BCUT2D eigenvalue weighted by Crippen LogP contribution is 2.49. The van der Waals surface area contributed by atoms with E-state index in [1.807, 2.05) is 45.3 Å². The SMILES string of the molecule is COc1nc2ccc(C#N)cc2cc1[C@@H](c1cc(C)sc1C)[C@@](O)(CCN(C)C)c1cncc(C)c1. The number of aliphatic hydroxyl groups is 1. The predicted octanol–water partition coefficient (Wildman–Crippen LogP) is 5.47. The van der Waals surface area contributed by atoms with Crippen molar-refractivity contribution in [2.75, 3.05) is 27.7 Å². The Labute approximate surface area is 216 Å². The highest BCUT2D eigenvalue weighted by molar-refractivity contribution is 7.12. The largest absolute Gasteiger partial charge is 0.481 e. The Hall–Kier alpha value is -3.31. The van der Waals surface area contributed by atoms with Crippen LogP contribution in [0.5, 0.6) is 5.88 Å². The molecule has 0 fully saturated rings. The molecule has 0 amide bonds. The van der Waals surface area contributed by atoms with E-state index in [9.17, 15) is 10.4 Å². The van der Waals surface area contributed by atoms with E-state index < -0.39 is 11.5 Å². The van der Waals surface area contributed by atoms with E-state index in [1.54, 1.807) is 36.9 Å². The van der Waals surface area contributed by atoms with Crippen LogP contribution in [0.2, 0.25) is 0 Å². The molecule has 0 aliphatic heterocycles. The summed E-state index contributed by atoms with van der Waals surface area (Å²) >= 11 is 1.71. The third-order valence-electron chi connectivity index (χ3n) is 6.62. The maximum Gasteiger partial charge on any atom is 0.217 e. The number of aryl methyl sites for hydroxylation is 3. The Kier molecular flexibility index (Phi) is 7.41. The number of nitriles is 1. The van der Waals surface area contributed by atoms with Crippen molar-refractivity contribution in [2.45, 2.75) is 38.7 Å². The quantitative estimate of drug-likeness (QED) is 0.346. The fourth-order valence-corrected chi connectivity index (χ4v) is 5.84. The van der Waals surface area contributed by atoms with Gasteiger partial charge in [-0.2, -0.15) is 5.26 Å². The predicted molar refractivity (Wildman–Crippen MR) is 145 cm³/mol. The number of pyridine rings is 2. The molecular weight excluding hydrogens is 468 g/mol. The Morgan fingerprint density at radius 3 is 2.50 bits per heavy atom. The van der Waals surface area contributed by atoms with Crippen LogP contribution in [0.4, 0.5) is 0 Å². The maximum atomic E-state index is 12.8. The zero-order valence-corrected chi connectivity index (χ0v) is 22.5. The Morgan fingerprint density at radius 2 is 1.89 bits per heavy atom. The van der Waals surface area contributed by atoms with Gasteiger partial charge in [0.05, 0.1) is 24.3 Å². The third kappa shape index (κ3) is 4.98. The van der Waals surface area contributed by atoms with Gasteiger partial charge in [0, 0.05) is 51.1 Å². The van der Waals surface area contributed by atoms with Gasteiger partial charge < -0.3 is 14.7 Å². The normalized spacial score (nSPS) is 14.0. The molecule has 7 heteroatoms. The maximum absolute atomic E-state index is 12.8. The average molecular weight is 501 g/mol. The van der Waals surface area contributed by atoms with Gasteiger partial charge in [-0.1, -0.05) is 6.07 Å². The molecule has 0 aliphatic carbocycles. The van der Waals surface area contributed by atoms with Crippen molar-refractivity contribution in [1.82, 2.24) is 14.9 Å². The van der Waals surface area contributed by atoms with Gasteiger partial charge >= 0.3 is 0 Å². The molecule has 3 aromatic heterocycles. The van der Waals surface area contributed by atoms with Crippen LogP contribution in [0.15, 0.2) is 48.8 Å². The topological polar surface area (TPSA) is 82.3 Å². The van der Waals surface area contributed by atoms with Gasteiger partial charge in [0.25, 0.3) is 0 Å². The van der Waals surface area contributed by atoms with E-state index in [2.05, 4.69) is 35.9 Å². The summed E-state index contributed by atoms with van der Waals surface area (Å²) in [5.41, 5.74) is 3.56. The Morgan fingerprint density at radius 1 is 1.11 bits per heavy atom. The van der Waals surface area contributed by atoms with Crippen LogP contribution in [-0.2, 0) is 5.60 Å². The summed E-state index contributed by atoms with van der Waals surface area (Å²) in [6, 6.07) is 13.8. The van der Waals surface area contributed by atoms with Gasteiger partial charge in [-0.3, -0.25) is 4.98 Å². The van der Waals surface area contributed by atoms with Crippen LogP contribution in [0, 0.1) is 32.1 Å². The lowest BCUT2D eigenvalue weighted by Crippen LogP contribution is -2.38. The first kappa shape index (κ1) is 25.8. The molecule has 0 radical (unpaired) electrons. The molecular formula is C29H32N4O2S. The number of nitrogens with zero attached hydrogens (tertiary/aromatic N) is 4. The van der Waals surface area contributed by atoms with Gasteiger partial charge in [-0.25, -0.2) is 4.98 Å². The number of hydrogen-bond acceptors (Lipinski definition) is 7. The summed E-state index contributed by atoms with van der Waals surface area (Å²) in [5, 5.41) is 23.1. The molecule has 6 nitrogen and oxygen atoms in total. The molecule has 1 N–H and O–H groups in total. The molecule has 36 heavy (non-hydrogen) atoms. The summed E-state index contributed by atoms with van der Waals surface area (Å²) in [6.45, 7) is 6.83. The summed E-state index contributed by atoms with van der Waals surface area (Å²) in [5.74, 6) is -0.00653. The second-order valence-corrected chi connectivity index (χ2v) is 11.1. The lowest BCUT2D eigenvalue weighted by Gasteiger charge is -2.38. The number of fused-ring (bicyclic) bond motifs is 1. The molecule has 0 bridgehead atoms. The van der Waals surface area contributed by atoms with Crippen LogP contribution in [0.1, 0.15) is 49.9 Å². The number of benzene rings is 1. The number of ether oxygens (including phenoxy) is 1. The highest BCUT2D eigenvalue weighted by atomic mass is 32.1. The summed E-state index contributed by atoms with van der Waals surface area (Å²) in [4.78, 5) is 13.6. The van der Waals surface area contributed by atoms with Crippen molar-refractivity contribution >= 4 is 22.2 Å². The molecule has 1 aromatic carbocycles. The Balaban J connectivity index is 2.06. The zero-order chi connectivity index (χ0) is 26.0. The van der Waals surface area contributed by atoms with Crippen molar-refractivity contribution in [1.29, 1.82) is 5.26 Å². The zero-order valence-electron chi connectivity index (χ0n) is 21.7. The van der Waals surface area contributed by atoms with E-state index in [1.165, 1.54) is 4.88 Å². The standard InChI is InChI=1S/C29H32N4O2S/c1-18-11-23(17-31-16-18)29(34,9-10-33(4)5)27(24-12-19(2)36-20(24)3)25-14-22-13-21(15-30)7-8-26(22)32-28(25)35-6/h7-8,11-14,16-17,27,34H,9-10H2,1-6H3/t27-,29-/m1/s1. The van der Waals surface area contributed by atoms with Crippen molar-refractivity contribution in [2.24, 2.45) is 0 Å². The fourth-order valence-electron chi connectivity index (χ4n) is 4.88. The van der Waals surface area contributed by atoms with Crippen molar-refractivity contribution in [3.8, 4) is 11.9 Å². The second kappa shape index (κ2) is 10.4. The molecule has 0 saturated carbocycles. The molecule has 0 saturated heterocycles. The van der Waals surface area contributed by atoms with Crippen molar-refractivity contribution in [3.05, 3.63) is 86.4 Å². The molecule has 2 atom stereocenters. The molecule has 0 unspecified atom stereocenters. The van der Waals surface area contributed by atoms with Gasteiger partial charge in [0.1, 0.15) is 5.60 Å². The number of thiophene rings is 1. The first-order valence-corrected chi connectivity index (χ1v) is 12.7. The number of hydrogen-bond donors (Lipinski definition) is 1. The third-order valence-corrected chi connectivity index (χ3v) is 7.61. The molecule has 186 valence electrons. The van der Waals surface area contributed by atoms with E-state index in [0.29, 0.717) is 24.4 Å². The minimum absolute atomic E-state index is 0.462. The monoisotopic (exact) mass is 500 g/mol. The number of methoxy groups -OCH3 is 1. The van der Waals surface area contributed by atoms with Gasteiger partial charge in [-0.15, -0.1) is 11.3 Å². The van der Waals surface area contributed by atoms with E-state index in [-0.39, 0.29) is 0 Å². The van der Waals surface area contributed by atoms with E-state index >= 15 is 0 Å². The van der Waals surface area contributed by atoms with Crippen molar-refractivity contribution < 1.29 is 9.84 Å². The highest BCUT2D eigenvalue weighted by Gasteiger charge is 2.43. The first-order chi connectivity index (χ1) is 17.2. The van der Waals surface area contributed by atoms with Crippen LogP contribution >= 0.6 is 11.3 Å². The van der Waals surface area contributed by atoms with Crippen LogP contribution in [0.3, 0.4) is 0 Å². The van der Waals surface area contributed by atoms with E-state index in [4.69, 9.17) is 9.72 Å². The summed E-state index contributed by atoms with van der Waals surface area (Å²) in [7, 11) is 5.62. The Bertz CT molecular complexity index is 1440. The minimum Gasteiger partial charge on any atom is -0.481 e. The number of rotatable bonds is 8. The summed E-state index contributed by atoms with van der Waals surface area (Å²) in [6.07, 6.45) is 4.04. The molecule has 0 aliphatic rings. The fraction of sp³-hybridized carbons (Fsp3) is 0.345. The molecule has 4 rings (SSSR count). The van der Waals surface area contributed by atoms with Crippen LogP contribution in [0.25, 0.3) is 10.9 Å². The second-order valence-electron chi connectivity index (χ2n) is 9.64. The van der Waals surface area contributed by atoms with Gasteiger partial charge in [0.15, 0.2) is 0 Å². The molecule has 4 aromatic rings. The number of aromatic nitrogens is 2. The average Bonchev–Trinajstić information content (AvgIpc) is 3.19. The van der Waals surface area contributed by atoms with Crippen molar-refractivity contribution in [3.63, 3.8) is 0 Å². The lowest BCUT2D eigenvalue weighted by atomic mass is 9.72. The van der Waals surface area contributed by atoms with Gasteiger partial charge in [-0.05, 0) is 82.7 Å². The first-order valence-electron chi connectivity index (χ1n) is 11.9.